The summed E-state index contributed by atoms with van der Waals surface area (Å²) in [6.07, 6.45) is -4.32. The second kappa shape index (κ2) is 3.76. The zero-order valence-corrected chi connectivity index (χ0v) is 8.77. The van der Waals surface area contributed by atoms with Gasteiger partial charge in [0.1, 0.15) is 11.4 Å². The molecular formula is C11H12F3O. The Morgan fingerprint density at radius 3 is 2.07 bits per heavy atom. The topological polar surface area (TPSA) is 9.23 Å². The zero-order valence-electron chi connectivity index (χ0n) is 8.77. The van der Waals surface area contributed by atoms with Gasteiger partial charge in [0.25, 0.3) is 0 Å². The van der Waals surface area contributed by atoms with Crippen LogP contribution in [0.15, 0.2) is 18.2 Å². The van der Waals surface area contributed by atoms with Gasteiger partial charge in [-0.2, -0.15) is 13.2 Å². The second-order valence-corrected chi connectivity index (χ2v) is 4.15. The van der Waals surface area contributed by atoms with Gasteiger partial charge in [0.15, 0.2) is 0 Å². The summed E-state index contributed by atoms with van der Waals surface area (Å²) in [4.78, 5) is 0. The second-order valence-electron chi connectivity index (χ2n) is 4.15. The van der Waals surface area contributed by atoms with Crippen LogP contribution in [0.4, 0.5) is 13.2 Å². The molecule has 0 N–H and O–H groups in total. The predicted molar refractivity (Wildman–Crippen MR) is 50.7 cm³/mol. The van der Waals surface area contributed by atoms with Gasteiger partial charge >= 0.3 is 6.18 Å². The normalized spacial score (nSPS) is 12.7. The van der Waals surface area contributed by atoms with Crippen LogP contribution in [0.3, 0.4) is 0 Å². The van der Waals surface area contributed by atoms with Gasteiger partial charge in [-0.3, -0.25) is 0 Å². The maximum atomic E-state index is 12.2. The fraction of sp³-hybridized carbons (Fsp3) is 0.455. The Morgan fingerprint density at radius 2 is 1.73 bits per heavy atom. The van der Waals surface area contributed by atoms with E-state index in [0.29, 0.717) is 5.75 Å². The highest BCUT2D eigenvalue weighted by molar-refractivity contribution is 5.27. The van der Waals surface area contributed by atoms with Crippen molar-refractivity contribution in [3.63, 3.8) is 0 Å². The largest absolute Gasteiger partial charge is 0.488 e. The number of hydrogen-bond donors (Lipinski definition) is 0. The molecule has 1 rings (SSSR count). The molecular weight excluding hydrogens is 205 g/mol. The van der Waals surface area contributed by atoms with Gasteiger partial charge in [0.05, 0.1) is 5.56 Å². The minimum Gasteiger partial charge on any atom is -0.488 e. The molecule has 0 amide bonds. The average molecular weight is 217 g/mol. The molecule has 0 saturated heterocycles. The van der Waals surface area contributed by atoms with Crippen molar-refractivity contribution in [2.75, 3.05) is 0 Å². The van der Waals surface area contributed by atoms with Crippen molar-refractivity contribution in [2.24, 2.45) is 0 Å². The molecule has 0 atom stereocenters. The molecule has 0 unspecified atom stereocenters. The Labute approximate surface area is 86.9 Å². The molecule has 1 radical (unpaired) electrons. The lowest BCUT2D eigenvalue weighted by Crippen LogP contribution is -2.23. The molecule has 0 aliphatic heterocycles. The van der Waals surface area contributed by atoms with Crippen LogP contribution >= 0.6 is 0 Å². The van der Waals surface area contributed by atoms with E-state index in [1.807, 2.05) is 20.8 Å². The molecule has 4 heteroatoms. The third-order valence-electron chi connectivity index (χ3n) is 1.53. The summed E-state index contributed by atoms with van der Waals surface area (Å²) in [5.74, 6) is 0.315. The quantitative estimate of drug-likeness (QED) is 0.697. The summed E-state index contributed by atoms with van der Waals surface area (Å²) in [7, 11) is 0. The van der Waals surface area contributed by atoms with Gasteiger partial charge in [0.2, 0.25) is 0 Å². The first-order chi connectivity index (χ1) is 6.68. The standard InChI is InChI=1S/C11H12F3O/c1-10(2,3)15-9-6-4-8(5-7-9)11(12,13)14/h4-6H,1-3H3. The predicted octanol–water partition coefficient (Wildman–Crippen LogP) is 3.68. The van der Waals surface area contributed by atoms with E-state index >= 15 is 0 Å². The van der Waals surface area contributed by atoms with E-state index in [4.69, 9.17) is 4.74 Å². The molecule has 0 aromatic heterocycles. The first kappa shape index (κ1) is 11.9. The number of alkyl halides is 3. The van der Waals surface area contributed by atoms with Crippen molar-refractivity contribution in [3.05, 3.63) is 29.8 Å². The van der Waals surface area contributed by atoms with Crippen LogP contribution in [0, 0.1) is 6.07 Å². The molecule has 0 aliphatic rings. The molecule has 0 saturated carbocycles. The fourth-order valence-electron chi connectivity index (χ4n) is 0.980. The maximum Gasteiger partial charge on any atom is 0.416 e. The number of rotatable bonds is 1. The van der Waals surface area contributed by atoms with Gasteiger partial charge in [-0.1, -0.05) is 0 Å². The molecule has 0 spiro atoms. The number of ether oxygens (including phenoxy) is 1. The maximum absolute atomic E-state index is 12.2. The number of hydrogen-bond acceptors (Lipinski definition) is 1. The van der Waals surface area contributed by atoms with Crippen LogP contribution in [0.25, 0.3) is 0 Å². The first-order valence-corrected chi connectivity index (χ1v) is 4.46. The summed E-state index contributed by atoms with van der Waals surface area (Å²) in [6.45, 7) is 5.45. The van der Waals surface area contributed by atoms with Gasteiger partial charge < -0.3 is 4.74 Å². The molecule has 1 aromatic carbocycles. The van der Waals surface area contributed by atoms with E-state index in [-0.39, 0.29) is 0 Å². The lowest BCUT2D eigenvalue weighted by molar-refractivity contribution is -0.137. The van der Waals surface area contributed by atoms with Crippen molar-refractivity contribution in [1.29, 1.82) is 0 Å². The lowest BCUT2D eigenvalue weighted by Gasteiger charge is -2.21. The Balaban J connectivity index is 2.82. The first-order valence-electron chi connectivity index (χ1n) is 4.46. The van der Waals surface area contributed by atoms with E-state index in [2.05, 4.69) is 6.07 Å². The van der Waals surface area contributed by atoms with Gasteiger partial charge in [0, 0.05) is 6.07 Å². The Hall–Kier alpha value is -1.19. The van der Waals surface area contributed by atoms with Crippen LogP contribution < -0.4 is 4.74 Å². The lowest BCUT2D eigenvalue weighted by atomic mass is 10.1. The van der Waals surface area contributed by atoms with Crippen LogP contribution in [0.5, 0.6) is 5.75 Å². The molecule has 83 valence electrons. The molecule has 0 fully saturated rings. The van der Waals surface area contributed by atoms with Crippen LogP contribution in [0.2, 0.25) is 0 Å². The Bertz CT molecular complexity index is 319. The van der Waals surface area contributed by atoms with Crippen molar-refractivity contribution in [2.45, 2.75) is 32.5 Å². The fourth-order valence-corrected chi connectivity index (χ4v) is 0.980. The van der Waals surface area contributed by atoms with Crippen LogP contribution in [0.1, 0.15) is 26.3 Å². The van der Waals surface area contributed by atoms with Crippen molar-refractivity contribution in [1.82, 2.24) is 0 Å². The monoisotopic (exact) mass is 217 g/mol. The summed E-state index contributed by atoms with van der Waals surface area (Å²) in [5, 5.41) is 0. The van der Waals surface area contributed by atoms with Gasteiger partial charge in [-0.25, -0.2) is 0 Å². The van der Waals surface area contributed by atoms with Crippen molar-refractivity contribution >= 4 is 0 Å². The van der Waals surface area contributed by atoms with E-state index in [0.717, 1.165) is 12.1 Å². The van der Waals surface area contributed by atoms with Crippen molar-refractivity contribution in [3.8, 4) is 5.75 Å². The smallest absolute Gasteiger partial charge is 0.416 e. The van der Waals surface area contributed by atoms with Crippen LogP contribution in [-0.2, 0) is 6.18 Å². The molecule has 0 aliphatic carbocycles. The zero-order chi connectivity index (χ0) is 11.7. The van der Waals surface area contributed by atoms with Gasteiger partial charge in [-0.15, -0.1) is 0 Å². The minimum atomic E-state index is -4.32. The average Bonchev–Trinajstić information content (AvgIpc) is 2.00. The number of halogens is 3. The highest BCUT2D eigenvalue weighted by Crippen LogP contribution is 2.30. The molecule has 1 aromatic rings. The van der Waals surface area contributed by atoms with Crippen LogP contribution in [-0.4, -0.2) is 5.60 Å². The third-order valence-corrected chi connectivity index (χ3v) is 1.53. The SMILES string of the molecule is CC(C)(C)Oc1[c]cc(C(F)(F)F)cc1. The summed E-state index contributed by atoms with van der Waals surface area (Å²) >= 11 is 0. The molecule has 15 heavy (non-hydrogen) atoms. The summed E-state index contributed by atoms with van der Waals surface area (Å²) in [5.41, 5.74) is -1.15. The Morgan fingerprint density at radius 1 is 1.13 bits per heavy atom. The third kappa shape index (κ3) is 3.81. The highest BCUT2D eigenvalue weighted by Gasteiger charge is 2.30. The Kier molecular flexibility index (Phi) is 2.98. The molecule has 1 nitrogen and oxygen atoms in total. The van der Waals surface area contributed by atoms with E-state index in [1.165, 1.54) is 6.07 Å². The van der Waals surface area contributed by atoms with E-state index < -0.39 is 17.3 Å². The van der Waals surface area contributed by atoms with Crippen molar-refractivity contribution < 1.29 is 17.9 Å². The minimum absolute atomic E-state index is 0.315. The summed E-state index contributed by atoms with van der Waals surface area (Å²) < 4.78 is 41.9. The summed E-state index contributed by atoms with van der Waals surface area (Å²) in [6, 6.07) is 5.60. The van der Waals surface area contributed by atoms with E-state index in [9.17, 15) is 13.2 Å². The molecule has 0 heterocycles. The molecule has 0 bridgehead atoms. The number of benzene rings is 1. The van der Waals surface area contributed by atoms with E-state index in [1.54, 1.807) is 0 Å². The van der Waals surface area contributed by atoms with Gasteiger partial charge in [-0.05, 0) is 39.0 Å². The highest BCUT2D eigenvalue weighted by atomic mass is 19.4.